The molecule has 0 aliphatic carbocycles. The highest BCUT2D eigenvalue weighted by Crippen LogP contribution is 2.25. The lowest BCUT2D eigenvalue weighted by molar-refractivity contribution is -0.126. The van der Waals surface area contributed by atoms with Crippen molar-refractivity contribution in [3.05, 3.63) is 42.0 Å². The molecule has 6 nitrogen and oxygen atoms in total. The Hall–Kier alpha value is -2.89. The zero-order valence-electron chi connectivity index (χ0n) is 18.5. The summed E-state index contributed by atoms with van der Waals surface area (Å²) >= 11 is 0. The van der Waals surface area contributed by atoms with Gasteiger partial charge in [-0.05, 0) is 23.3 Å². The Labute approximate surface area is 185 Å². The molecule has 3 N–H and O–H groups in total. The fourth-order valence-electron chi connectivity index (χ4n) is 3.49. The predicted octanol–water partition coefficient (Wildman–Crippen LogP) is 5.03. The zero-order valence-corrected chi connectivity index (χ0v) is 18.5. The van der Waals surface area contributed by atoms with Crippen LogP contribution in [0.25, 0.3) is 10.8 Å². The first-order chi connectivity index (χ1) is 15.1. The minimum Gasteiger partial charge on any atom is -0.507 e. The van der Waals surface area contributed by atoms with Crippen LogP contribution in [0, 0.1) is 0 Å². The standard InChI is InChI=1S/C25H35N3O3/c1-2-3-4-5-6-7-8-9-10-15-24(30)26-19-25(31)28-27-18-22-21-14-12-11-13-20(21)16-17-23(22)29/h11-14,16-18,29H,2-10,15,19H2,1H3,(H,26,30)(H,28,31). The summed E-state index contributed by atoms with van der Waals surface area (Å²) in [7, 11) is 0. The Morgan fingerprint density at radius 2 is 1.58 bits per heavy atom. The minimum atomic E-state index is -0.406. The molecule has 2 amide bonds. The van der Waals surface area contributed by atoms with Crippen molar-refractivity contribution >= 4 is 28.8 Å². The van der Waals surface area contributed by atoms with Gasteiger partial charge in [0.1, 0.15) is 5.75 Å². The number of hydrogen-bond acceptors (Lipinski definition) is 4. The molecule has 0 unspecified atom stereocenters. The molecular weight excluding hydrogens is 390 g/mol. The van der Waals surface area contributed by atoms with Crippen LogP contribution in [0.4, 0.5) is 0 Å². The summed E-state index contributed by atoms with van der Waals surface area (Å²) in [6.07, 6.45) is 12.7. The average Bonchev–Trinajstić information content (AvgIpc) is 2.78. The normalized spacial score (nSPS) is 11.1. The maximum Gasteiger partial charge on any atom is 0.259 e. The third-order valence-electron chi connectivity index (χ3n) is 5.28. The molecule has 168 valence electrons. The van der Waals surface area contributed by atoms with Gasteiger partial charge < -0.3 is 10.4 Å². The first-order valence-electron chi connectivity index (χ1n) is 11.4. The molecule has 2 aromatic rings. The van der Waals surface area contributed by atoms with Crippen molar-refractivity contribution in [1.29, 1.82) is 0 Å². The third-order valence-corrected chi connectivity index (χ3v) is 5.28. The van der Waals surface area contributed by atoms with Crippen LogP contribution in [0.1, 0.15) is 76.7 Å². The van der Waals surface area contributed by atoms with E-state index in [0.717, 1.165) is 30.0 Å². The van der Waals surface area contributed by atoms with Crippen LogP contribution < -0.4 is 10.7 Å². The summed E-state index contributed by atoms with van der Waals surface area (Å²) < 4.78 is 0. The number of carbonyl (C=O) groups is 2. The first kappa shape index (κ1) is 24.4. The number of amides is 2. The van der Waals surface area contributed by atoms with Crippen LogP contribution in [0.5, 0.6) is 5.75 Å². The number of hydrazone groups is 1. The van der Waals surface area contributed by atoms with E-state index in [1.54, 1.807) is 6.07 Å². The molecular formula is C25H35N3O3. The van der Waals surface area contributed by atoms with Crippen LogP contribution >= 0.6 is 0 Å². The van der Waals surface area contributed by atoms with Gasteiger partial charge in [-0.25, -0.2) is 5.43 Å². The molecule has 6 heteroatoms. The summed E-state index contributed by atoms with van der Waals surface area (Å²) in [4.78, 5) is 23.8. The molecule has 0 radical (unpaired) electrons. The molecule has 0 saturated heterocycles. The van der Waals surface area contributed by atoms with Crippen molar-refractivity contribution in [3.63, 3.8) is 0 Å². The lowest BCUT2D eigenvalue weighted by Crippen LogP contribution is -2.34. The van der Waals surface area contributed by atoms with Crippen molar-refractivity contribution in [2.45, 2.75) is 71.1 Å². The summed E-state index contributed by atoms with van der Waals surface area (Å²) in [6.45, 7) is 2.11. The maximum atomic E-state index is 11.9. The molecule has 2 rings (SSSR count). The smallest absolute Gasteiger partial charge is 0.259 e. The van der Waals surface area contributed by atoms with Crippen LogP contribution in [-0.4, -0.2) is 29.7 Å². The van der Waals surface area contributed by atoms with E-state index in [1.165, 1.54) is 44.7 Å². The number of phenolic OH excluding ortho intramolecular Hbond substituents is 1. The van der Waals surface area contributed by atoms with E-state index in [4.69, 9.17) is 0 Å². The zero-order chi connectivity index (χ0) is 22.3. The topological polar surface area (TPSA) is 90.8 Å². The minimum absolute atomic E-state index is 0.0889. The Bertz CT molecular complexity index is 864. The highest BCUT2D eigenvalue weighted by molar-refractivity contribution is 6.02. The molecule has 2 aromatic carbocycles. The summed E-state index contributed by atoms with van der Waals surface area (Å²) in [5, 5.41) is 18.4. The van der Waals surface area contributed by atoms with Gasteiger partial charge in [0.15, 0.2) is 0 Å². The number of unbranched alkanes of at least 4 members (excludes halogenated alkanes) is 8. The van der Waals surface area contributed by atoms with Crippen molar-refractivity contribution in [2.75, 3.05) is 6.54 Å². The van der Waals surface area contributed by atoms with Crippen LogP contribution in [0.15, 0.2) is 41.5 Å². The van der Waals surface area contributed by atoms with Crippen LogP contribution in [-0.2, 0) is 9.59 Å². The fourth-order valence-corrected chi connectivity index (χ4v) is 3.49. The number of hydrogen-bond donors (Lipinski definition) is 3. The molecule has 0 fully saturated rings. The molecule has 0 aromatic heterocycles. The first-order valence-corrected chi connectivity index (χ1v) is 11.4. The van der Waals surface area contributed by atoms with E-state index < -0.39 is 5.91 Å². The quantitative estimate of drug-likeness (QED) is 0.225. The lowest BCUT2D eigenvalue weighted by atomic mass is 10.0. The van der Waals surface area contributed by atoms with Gasteiger partial charge in [0.25, 0.3) is 5.91 Å². The highest BCUT2D eigenvalue weighted by Gasteiger charge is 2.06. The summed E-state index contributed by atoms with van der Waals surface area (Å²) in [5.74, 6) is -0.434. The number of nitrogens with zero attached hydrogens (tertiary/aromatic N) is 1. The second-order valence-electron chi connectivity index (χ2n) is 7.87. The monoisotopic (exact) mass is 425 g/mol. The fraction of sp³-hybridized carbons (Fsp3) is 0.480. The molecule has 0 bridgehead atoms. The van der Waals surface area contributed by atoms with Gasteiger partial charge in [0.05, 0.1) is 12.8 Å². The van der Waals surface area contributed by atoms with E-state index in [9.17, 15) is 14.7 Å². The van der Waals surface area contributed by atoms with E-state index in [0.29, 0.717) is 12.0 Å². The number of rotatable bonds is 14. The molecule has 0 saturated carbocycles. The largest absolute Gasteiger partial charge is 0.507 e. The Morgan fingerprint density at radius 1 is 0.903 bits per heavy atom. The van der Waals surface area contributed by atoms with Gasteiger partial charge in [0.2, 0.25) is 5.91 Å². The molecule has 0 aliphatic rings. The van der Waals surface area contributed by atoms with Gasteiger partial charge in [-0.15, -0.1) is 0 Å². The SMILES string of the molecule is CCCCCCCCCCCC(=O)NCC(=O)NN=Cc1c(O)ccc2ccccc12. The third kappa shape index (κ3) is 9.20. The number of nitrogens with one attached hydrogen (secondary N) is 2. The van der Waals surface area contributed by atoms with Crippen molar-refractivity contribution < 1.29 is 14.7 Å². The van der Waals surface area contributed by atoms with Crippen LogP contribution in [0.2, 0.25) is 0 Å². The highest BCUT2D eigenvalue weighted by atomic mass is 16.3. The second-order valence-corrected chi connectivity index (χ2v) is 7.87. The van der Waals surface area contributed by atoms with E-state index in [1.807, 2.05) is 30.3 Å². The van der Waals surface area contributed by atoms with Crippen molar-refractivity contribution in [2.24, 2.45) is 5.10 Å². The molecule has 0 aliphatic heterocycles. The van der Waals surface area contributed by atoms with E-state index in [2.05, 4.69) is 22.8 Å². The second kappa shape index (κ2) is 14.2. The Balaban J connectivity index is 1.61. The molecule has 0 spiro atoms. The molecule has 0 heterocycles. The molecule has 31 heavy (non-hydrogen) atoms. The van der Waals surface area contributed by atoms with Crippen LogP contribution in [0.3, 0.4) is 0 Å². The summed E-state index contributed by atoms with van der Waals surface area (Å²) in [6, 6.07) is 11.0. The number of aromatic hydroxyl groups is 1. The number of fused-ring (bicyclic) bond motifs is 1. The number of benzene rings is 2. The van der Waals surface area contributed by atoms with Crippen molar-refractivity contribution in [1.82, 2.24) is 10.7 Å². The van der Waals surface area contributed by atoms with Gasteiger partial charge in [-0.1, -0.05) is 88.6 Å². The Kier molecular flexibility index (Phi) is 11.1. The van der Waals surface area contributed by atoms with Crippen molar-refractivity contribution in [3.8, 4) is 5.75 Å². The molecule has 0 atom stereocenters. The Morgan fingerprint density at radius 3 is 2.32 bits per heavy atom. The lowest BCUT2D eigenvalue weighted by Gasteiger charge is -2.06. The van der Waals surface area contributed by atoms with E-state index in [-0.39, 0.29) is 18.2 Å². The summed E-state index contributed by atoms with van der Waals surface area (Å²) in [5.41, 5.74) is 2.92. The average molecular weight is 426 g/mol. The van der Waals surface area contributed by atoms with Gasteiger partial charge in [-0.2, -0.15) is 5.10 Å². The van der Waals surface area contributed by atoms with Gasteiger partial charge >= 0.3 is 0 Å². The van der Waals surface area contributed by atoms with Gasteiger partial charge in [-0.3, -0.25) is 9.59 Å². The number of carbonyl (C=O) groups excluding carboxylic acids is 2. The number of phenols is 1. The van der Waals surface area contributed by atoms with E-state index >= 15 is 0 Å². The van der Waals surface area contributed by atoms with Gasteiger partial charge in [0, 0.05) is 12.0 Å². The maximum absolute atomic E-state index is 11.9. The predicted molar refractivity (Wildman–Crippen MR) is 126 cm³/mol.